The van der Waals surface area contributed by atoms with E-state index in [0.29, 0.717) is 12.4 Å². The van der Waals surface area contributed by atoms with Crippen LogP contribution in [0.4, 0.5) is 17.3 Å². The summed E-state index contributed by atoms with van der Waals surface area (Å²) >= 11 is 4.91. The second-order valence-electron chi connectivity index (χ2n) is 3.53. The summed E-state index contributed by atoms with van der Waals surface area (Å²) in [6, 6.07) is 6.65. The molecule has 0 aliphatic rings. The van der Waals surface area contributed by atoms with Gasteiger partial charge in [-0.1, -0.05) is 0 Å². The Morgan fingerprint density at radius 3 is 2.79 bits per heavy atom. The Bertz CT molecular complexity index is 603. The van der Waals surface area contributed by atoms with E-state index in [-0.39, 0.29) is 11.5 Å². The van der Waals surface area contributed by atoms with Crippen LogP contribution >= 0.6 is 27.3 Å². The molecule has 0 bridgehead atoms. The molecule has 0 unspecified atom stereocenters. The summed E-state index contributed by atoms with van der Waals surface area (Å²) < 4.78 is 1.00. The van der Waals surface area contributed by atoms with E-state index < -0.39 is 4.92 Å². The number of halogens is 1. The van der Waals surface area contributed by atoms with Crippen molar-refractivity contribution in [2.45, 2.75) is 6.54 Å². The molecule has 2 rings (SSSR count). The van der Waals surface area contributed by atoms with Crippen molar-refractivity contribution in [3.63, 3.8) is 0 Å². The summed E-state index contributed by atoms with van der Waals surface area (Å²) in [6.45, 7) is 0.456. The van der Waals surface area contributed by atoms with Gasteiger partial charge in [-0.15, -0.1) is 11.3 Å². The van der Waals surface area contributed by atoms with Gasteiger partial charge >= 0.3 is 5.69 Å². The zero-order valence-corrected chi connectivity index (χ0v) is 12.0. The Kier molecular flexibility index (Phi) is 4.30. The Morgan fingerprint density at radius 1 is 1.42 bits per heavy atom. The average molecular weight is 344 g/mol. The summed E-state index contributed by atoms with van der Waals surface area (Å²) in [6.07, 6.45) is 0. The number of thiophene rings is 1. The van der Waals surface area contributed by atoms with Crippen molar-refractivity contribution in [2.75, 3.05) is 10.7 Å². The van der Waals surface area contributed by atoms with Crippen molar-refractivity contribution in [3.8, 4) is 0 Å². The van der Waals surface area contributed by atoms with Gasteiger partial charge in [0, 0.05) is 10.9 Å². The SMILES string of the molecule is NNc1ccc([N+](=O)[O-])c(NCc2ccc(Br)s2)n1. The zero-order chi connectivity index (χ0) is 13.8. The fourth-order valence-electron chi connectivity index (χ4n) is 1.43. The maximum absolute atomic E-state index is 10.9. The monoisotopic (exact) mass is 343 g/mol. The van der Waals surface area contributed by atoms with Crippen LogP contribution in [0.1, 0.15) is 4.88 Å². The van der Waals surface area contributed by atoms with Crippen LogP contribution in [0.15, 0.2) is 28.1 Å². The lowest BCUT2D eigenvalue weighted by molar-refractivity contribution is -0.384. The van der Waals surface area contributed by atoms with Crippen LogP contribution < -0.4 is 16.6 Å². The predicted octanol–water partition coefficient (Wildman–Crippen LogP) is 2.71. The van der Waals surface area contributed by atoms with Crippen molar-refractivity contribution >= 4 is 44.6 Å². The number of hydrogen-bond acceptors (Lipinski definition) is 7. The molecule has 100 valence electrons. The van der Waals surface area contributed by atoms with Gasteiger partial charge < -0.3 is 10.7 Å². The van der Waals surface area contributed by atoms with Crippen LogP contribution in [0.2, 0.25) is 0 Å². The number of aromatic nitrogens is 1. The highest BCUT2D eigenvalue weighted by atomic mass is 79.9. The lowest BCUT2D eigenvalue weighted by Crippen LogP contribution is -2.11. The molecular weight excluding hydrogens is 334 g/mol. The third-order valence-electron chi connectivity index (χ3n) is 2.28. The molecule has 0 atom stereocenters. The second kappa shape index (κ2) is 5.95. The number of nitrogens with one attached hydrogen (secondary N) is 2. The smallest absolute Gasteiger partial charge is 0.311 e. The van der Waals surface area contributed by atoms with Crippen LogP contribution in [-0.2, 0) is 6.54 Å². The number of nitrogens with two attached hydrogens (primary N) is 1. The van der Waals surface area contributed by atoms with Crippen LogP contribution in [0.3, 0.4) is 0 Å². The molecule has 19 heavy (non-hydrogen) atoms. The first-order chi connectivity index (χ1) is 9.10. The van der Waals surface area contributed by atoms with Crippen LogP contribution in [-0.4, -0.2) is 9.91 Å². The molecule has 0 saturated carbocycles. The van der Waals surface area contributed by atoms with Gasteiger partial charge in [0.1, 0.15) is 5.82 Å². The minimum Gasteiger partial charge on any atom is -0.359 e. The van der Waals surface area contributed by atoms with Gasteiger partial charge in [-0.3, -0.25) is 10.1 Å². The first-order valence-corrected chi connectivity index (χ1v) is 6.81. The molecule has 2 heterocycles. The van der Waals surface area contributed by atoms with E-state index in [1.54, 1.807) is 11.3 Å². The van der Waals surface area contributed by atoms with E-state index in [9.17, 15) is 10.1 Å². The first-order valence-electron chi connectivity index (χ1n) is 5.20. The van der Waals surface area contributed by atoms with Crippen LogP contribution in [0.25, 0.3) is 0 Å². The standard InChI is InChI=1S/C10H10BrN5O2S/c11-8-3-1-6(19-8)5-13-10-7(16(17)18)2-4-9(14-10)15-12/h1-4H,5,12H2,(H2,13,14,15). The number of pyridine rings is 1. The average Bonchev–Trinajstić information content (AvgIpc) is 2.81. The van der Waals surface area contributed by atoms with Crippen molar-refractivity contribution in [1.29, 1.82) is 0 Å². The van der Waals surface area contributed by atoms with Gasteiger partial charge in [0.15, 0.2) is 0 Å². The van der Waals surface area contributed by atoms with E-state index >= 15 is 0 Å². The molecule has 4 N–H and O–H groups in total. The summed E-state index contributed by atoms with van der Waals surface area (Å²) in [5, 5.41) is 13.8. The molecule has 9 heteroatoms. The minimum atomic E-state index is -0.486. The number of hydrogen-bond donors (Lipinski definition) is 3. The molecule has 0 fully saturated rings. The van der Waals surface area contributed by atoms with Crippen molar-refractivity contribution in [1.82, 2.24) is 4.98 Å². The molecule has 7 nitrogen and oxygen atoms in total. The quantitative estimate of drug-likeness (QED) is 0.437. The normalized spacial score (nSPS) is 10.2. The van der Waals surface area contributed by atoms with Crippen molar-refractivity contribution < 1.29 is 4.92 Å². The van der Waals surface area contributed by atoms with Gasteiger partial charge in [-0.05, 0) is 34.1 Å². The number of nitrogens with zero attached hydrogens (tertiary/aromatic N) is 2. The van der Waals surface area contributed by atoms with Crippen LogP contribution in [0.5, 0.6) is 0 Å². The molecule has 0 aromatic carbocycles. The predicted molar refractivity (Wildman–Crippen MR) is 78.0 cm³/mol. The molecule has 2 aromatic rings. The number of nitrogen functional groups attached to an aromatic ring is 1. The van der Waals surface area contributed by atoms with Crippen molar-refractivity contribution in [2.24, 2.45) is 5.84 Å². The molecular formula is C10H10BrN5O2S. The molecule has 0 aliphatic heterocycles. The van der Waals surface area contributed by atoms with E-state index in [0.717, 1.165) is 8.66 Å². The third-order valence-corrected chi connectivity index (χ3v) is 3.90. The lowest BCUT2D eigenvalue weighted by atomic mass is 10.3. The molecule has 2 aromatic heterocycles. The maximum atomic E-state index is 10.9. The van der Waals surface area contributed by atoms with E-state index in [2.05, 4.69) is 31.7 Å². The van der Waals surface area contributed by atoms with Gasteiger partial charge in [-0.25, -0.2) is 10.8 Å². The fraction of sp³-hybridized carbons (Fsp3) is 0.100. The Labute approximate surface area is 121 Å². The molecule has 0 aliphatic carbocycles. The minimum absolute atomic E-state index is 0.0883. The van der Waals surface area contributed by atoms with Gasteiger partial charge in [0.25, 0.3) is 0 Å². The maximum Gasteiger partial charge on any atom is 0.311 e. The zero-order valence-electron chi connectivity index (χ0n) is 9.59. The largest absolute Gasteiger partial charge is 0.359 e. The fourth-order valence-corrected chi connectivity index (χ4v) is 2.85. The molecule has 0 saturated heterocycles. The van der Waals surface area contributed by atoms with E-state index in [1.807, 2.05) is 12.1 Å². The van der Waals surface area contributed by atoms with E-state index in [1.165, 1.54) is 12.1 Å². The highest BCUT2D eigenvalue weighted by Gasteiger charge is 2.15. The van der Waals surface area contributed by atoms with Crippen molar-refractivity contribution in [3.05, 3.63) is 43.0 Å². The number of anilines is 2. The van der Waals surface area contributed by atoms with E-state index in [4.69, 9.17) is 5.84 Å². The first kappa shape index (κ1) is 13.7. The van der Waals surface area contributed by atoms with Gasteiger partial charge in [0.2, 0.25) is 5.82 Å². The Morgan fingerprint density at radius 2 is 2.21 bits per heavy atom. The summed E-state index contributed by atoms with van der Waals surface area (Å²) in [5.74, 6) is 5.79. The van der Waals surface area contributed by atoms with Crippen LogP contribution in [0, 0.1) is 10.1 Å². The number of nitro groups is 1. The Hall–Kier alpha value is -1.71. The Balaban J connectivity index is 2.19. The summed E-state index contributed by atoms with van der Waals surface area (Å²) in [7, 11) is 0. The molecule has 0 spiro atoms. The molecule has 0 radical (unpaired) electrons. The number of rotatable bonds is 5. The topological polar surface area (TPSA) is 106 Å². The van der Waals surface area contributed by atoms with Gasteiger partial charge in [0.05, 0.1) is 15.3 Å². The highest BCUT2D eigenvalue weighted by molar-refractivity contribution is 9.11. The summed E-state index contributed by atoms with van der Waals surface area (Å²) in [5.41, 5.74) is 2.27. The number of hydrazine groups is 1. The lowest BCUT2D eigenvalue weighted by Gasteiger charge is -2.06. The second-order valence-corrected chi connectivity index (χ2v) is 6.07. The third kappa shape index (κ3) is 3.40. The highest BCUT2D eigenvalue weighted by Crippen LogP contribution is 2.26. The summed E-state index contributed by atoms with van der Waals surface area (Å²) in [4.78, 5) is 15.5. The molecule has 0 amide bonds. The van der Waals surface area contributed by atoms with Gasteiger partial charge in [-0.2, -0.15) is 0 Å².